The maximum Gasteiger partial charge on any atom is 0.241 e. The molecule has 4 rings (SSSR count). The predicted molar refractivity (Wildman–Crippen MR) is 160 cm³/mol. The molecule has 0 spiro atoms. The highest BCUT2D eigenvalue weighted by Gasteiger charge is 2.19. The molecule has 208 valence electrons. The topological polar surface area (TPSA) is 111 Å². The largest absolute Gasteiger partial charge is 0.377 e. The first-order valence-electron chi connectivity index (χ1n) is 12.6. The van der Waals surface area contributed by atoms with Crippen molar-refractivity contribution < 1.29 is 16.8 Å². The summed E-state index contributed by atoms with van der Waals surface area (Å²) < 4.78 is 57.4. The summed E-state index contributed by atoms with van der Waals surface area (Å²) in [5.41, 5.74) is 1.88. The summed E-state index contributed by atoms with van der Waals surface area (Å²) in [5, 5.41) is 6.13. The lowest BCUT2D eigenvalue weighted by atomic mass is 10.1. The number of anilines is 2. The summed E-state index contributed by atoms with van der Waals surface area (Å²) in [4.78, 5) is 4.35. The maximum atomic E-state index is 13.0. The first kappa shape index (κ1) is 28.8. The van der Waals surface area contributed by atoms with Gasteiger partial charge in [0.1, 0.15) is 0 Å². The van der Waals surface area contributed by atoms with E-state index in [0.717, 1.165) is 22.1 Å². The number of benzene rings is 4. The standard InChI is InChI=1S/C28H35N5O4S2/c1-32(2)25-13-5-11-23-21(25)9-7-15-27(23)38(34,35)30-19-17-29-18-20-31-39(36,37)28-16-8-10-22-24(28)12-6-14-26(22)33(3)4/h5-16,29-31H,17-20H2,1-4H3. The van der Waals surface area contributed by atoms with Crippen LogP contribution in [0.15, 0.2) is 82.6 Å². The molecule has 39 heavy (non-hydrogen) atoms. The molecule has 0 heterocycles. The van der Waals surface area contributed by atoms with Gasteiger partial charge < -0.3 is 15.1 Å². The van der Waals surface area contributed by atoms with Gasteiger partial charge in [-0.05, 0) is 24.3 Å². The zero-order valence-electron chi connectivity index (χ0n) is 22.6. The molecule has 0 fully saturated rings. The van der Waals surface area contributed by atoms with E-state index in [2.05, 4.69) is 14.8 Å². The van der Waals surface area contributed by atoms with Crippen LogP contribution in [-0.4, -0.2) is 71.2 Å². The van der Waals surface area contributed by atoms with Crippen LogP contribution in [0.4, 0.5) is 11.4 Å². The second-order valence-electron chi connectivity index (χ2n) is 9.59. The molecule has 11 heteroatoms. The molecule has 0 unspecified atom stereocenters. The highest BCUT2D eigenvalue weighted by molar-refractivity contribution is 7.90. The first-order valence-corrected chi connectivity index (χ1v) is 15.6. The van der Waals surface area contributed by atoms with E-state index in [1.165, 1.54) is 0 Å². The molecule has 0 bridgehead atoms. The van der Waals surface area contributed by atoms with Crippen molar-refractivity contribution in [3.05, 3.63) is 72.8 Å². The number of nitrogens with one attached hydrogen (secondary N) is 3. The minimum absolute atomic E-state index is 0.162. The van der Waals surface area contributed by atoms with Crippen molar-refractivity contribution in [2.75, 3.05) is 64.2 Å². The van der Waals surface area contributed by atoms with Gasteiger partial charge in [-0.2, -0.15) is 0 Å². The molecular weight excluding hydrogens is 534 g/mol. The Morgan fingerprint density at radius 1 is 0.513 bits per heavy atom. The summed E-state index contributed by atoms with van der Waals surface area (Å²) in [7, 11) is 0.208. The molecule has 0 aliphatic rings. The van der Waals surface area contributed by atoms with Crippen molar-refractivity contribution in [3.63, 3.8) is 0 Å². The van der Waals surface area contributed by atoms with Crippen molar-refractivity contribution in [1.82, 2.24) is 14.8 Å². The van der Waals surface area contributed by atoms with Crippen molar-refractivity contribution in [3.8, 4) is 0 Å². The van der Waals surface area contributed by atoms with Gasteiger partial charge in [0.25, 0.3) is 0 Å². The summed E-state index contributed by atoms with van der Waals surface area (Å²) in [6, 6.07) is 21.7. The Morgan fingerprint density at radius 2 is 0.872 bits per heavy atom. The molecule has 4 aromatic carbocycles. The number of hydrogen-bond donors (Lipinski definition) is 3. The molecule has 4 aromatic rings. The van der Waals surface area contributed by atoms with Crippen LogP contribution in [0.2, 0.25) is 0 Å². The van der Waals surface area contributed by atoms with E-state index in [-0.39, 0.29) is 22.9 Å². The number of hydrogen-bond acceptors (Lipinski definition) is 7. The lowest BCUT2D eigenvalue weighted by molar-refractivity contribution is 0.571. The fourth-order valence-corrected chi connectivity index (χ4v) is 7.11. The Hall–Kier alpha value is -3.22. The molecule has 3 N–H and O–H groups in total. The molecule has 9 nitrogen and oxygen atoms in total. The number of fused-ring (bicyclic) bond motifs is 2. The summed E-state index contributed by atoms with van der Waals surface area (Å²) in [5.74, 6) is 0. The van der Waals surface area contributed by atoms with Gasteiger partial charge in [0.05, 0.1) is 9.79 Å². The number of nitrogens with zero attached hydrogens (tertiary/aromatic N) is 2. The SMILES string of the molecule is CN(C)c1cccc2c(S(=O)(=O)NCCNCCNS(=O)(=O)c3cccc4c(N(C)C)cccc34)cccc12. The van der Waals surface area contributed by atoms with Crippen LogP contribution in [0.25, 0.3) is 21.5 Å². The summed E-state index contributed by atoms with van der Waals surface area (Å²) >= 11 is 0. The predicted octanol–water partition coefficient (Wildman–Crippen LogP) is 2.97. The molecule has 0 atom stereocenters. The van der Waals surface area contributed by atoms with Gasteiger partial charge >= 0.3 is 0 Å². The molecule has 0 saturated heterocycles. The maximum absolute atomic E-state index is 13.0. The van der Waals surface area contributed by atoms with Crippen molar-refractivity contribution in [1.29, 1.82) is 0 Å². The van der Waals surface area contributed by atoms with E-state index < -0.39 is 20.0 Å². The van der Waals surface area contributed by atoms with Gasteiger partial charge in [-0.15, -0.1) is 0 Å². The third-order valence-corrected chi connectivity index (χ3v) is 9.49. The molecular formula is C28H35N5O4S2. The molecule has 0 aromatic heterocycles. The van der Waals surface area contributed by atoms with Gasteiger partial charge in [0, 0.05) is 87.3 Å². The quantitative estimate of drug-likeness (QED) is 0.225. The van der Waals surface area contributed by atoms with Crippen LogP contribution in [0, 0.1) is 0 Å². The lowest BCUT2D eigenvalue weighted by Gasteiger charge is -2.17. The molecule has 0 aliphatic heterocycles. The number of rotatable bonds is 12. The van der Waals surface area contributed by atoms with Gasteiger partial charge in [0.15, 0.2) is 0 Å². The zero-order valence-corrected chi connectivity index (χ0v) is 24.2. The molecule has 0 radical (unpaired) electrons. The van der Waals surface area contributed by atoms with Gasteiger partial charge in [0.2, 0.25) is 20.0 Å². The Balaban J connectivity index is 1.32. The van der Waals surface area contributed by atoms with Gasteiger partial charge in [-0.25, -0.2) is 26.3 Å². The second kappa shape index (κ2) is 11.9. The van der Waals surface area contributed by atoms with Crippen LogP contribution < -0.4 is 24.6 Å². The van der Waals surface area contributed by atoms with Crippen LogP contribution >= 0.6 is 0 Å². The average molecular weight is 570 g/mol. The van der Waals surface area contributed by atoms with E-state index in [9.17, 15) is 16.8 Å². The van der Waals surface area contributed by atoms with Crippen LogP contribution in [0.3, 0.4) is 0 Å². The first-order chi connectivity index (χ1) is 18.5. The summed E-state index contributed by atoms with van der Waals surface area (Å²) in [6.45, 7) is 1.01. The normalized spacial score (nSPS) is 12.2. The van der Waals surface area contributed by atoms with Gasteiger partial charge in [-0.3, -0.25) is 0 Å². The Labute approximate surface area is 230 Å². The molecule has 0 aliphatic carbocycles. The Bertz CT molecular complexity index is 1560. The fraction of sp³-hybridized carbons (Fsp3) is 0.286. The highest BCUT2D eigenvalue weighted by Crippen LogP contribution is 2.31. The van der Waals surface area contributed by atoms with Gasteiger partial charge in [-0.1, -0.05) is 48.5 Å². The van der Waals surface area contributed by atoms with Crippen LogP contribution in [-0.2, 0) is 20.0 Å². The Morgan fingerprint density at radius 3 is 1.26 bits per heavy atom. The van der Waals surface area contributed by atoms with E-state index in [4.69, 9.17) is 0 Å². The minimum Gasteiger partial charge on any atom is -0.377 e. The second-order valence-corrected chi connectivity index (χ2v) is 13.1. The molecule has 0 saturated carbocycles. The number of sulfonamides is 2. The van der Waals surface area contributed by atoms with Crippen molar-refractivity contribution in [2.45, 2.75) is 9.79 Å². The van der Waals surface area contributed by atoms with E-state index >= 15 is 0 Å². The van der Waals surface area contributed by atoms with Crippen molar-refractivity contribution in [2.24, 2.45) is 0 Å². The summed E-state index contributed by atoms with van der Waals surface area (Å²) in [6.07, 6.45) is 0. The third-order valence-electron chi connectivity index (χ3n) is 6.45. The third kappa shape index (κ3) is 6.34. The highest BCUT2D eigenvalue weighted by atomic mass is 32.2. The van der Waals surface area contributed by atoms with Crippen LogP contribution in [0.5, 0.6) is 0 Å². The Kier molecular flexibility index (Phi) is 8.77. The fourth-order valence-electron chi connectivity index (χ4n) is 4.61. The minimum atomic E-state index is -3.74. The van der Waals surface area contributed by atoms with E-state index in [0.29, 0.717) is 23.9 Å². The average Bonchev–Trinajstić information content (AvgIpc) is 2.90. The molecule has 0 amide bonds. The lowest BCUT2D eigenvalue weighted by Crippen LogP contribution is -2.36. The van der Waals surface area contributed by atoms with E-state index in [1.54, 1.807) is 36.4 Å². The smallest absolute Gasteiger partial charge is 0.241 e. The van der Waals surface area contributed by atoms with Crippen molar-refractivity contribution >= 4 is 53.0 Å². The zero-order chi connectivity index (χ0) is 28.2. The monoisotopic (exact) mass is 569 g/mol. The van der Waals surface area contributed by atoms with Crippen LogP contribution in [0.1, 0.15) is 0 Å². The van der Waals surface area contributed by atoms with E-state index in [1.807, 2.05) is 74.4 Å².